The second-order valence-electron chi connectivity index (χ2n) is 7.41. The van der Waals surface area contributed by atoms with E-state index in [4.69, 9.17) is 36.8 Å². The van der Waals surface area contributed by atoms with Gasteiger partial charge >= 0.3 is 0 Å². The molecule has 0 saturated carbocycles. The van der Waals surface area contributed by atoms with E-state index >= 15 is 0 Å². The van der Waals surface area contributed by atoms with Gasteiger partial charge in [-0.3, -0.25) is 0 Å². The van der Waals surface area contributed by atoms with Gasteiger partial charge in [0.1, 0.15) is 22.5 Å². The molecule has 0 atom stereocenters. The number of oxazole rings is 2. The average molecular weight is 473 g/mol. The highest BCUT2D eigenvalue weighted by atomic mass is 35.5. The van der Waals surface area contributed by atoms with Gasteiger partial charge in [0.15, 0.2) is 11.2 Å². The molecule has 0 bridgehead atoms. The maximum Gasteiger partial charge on any atom is 0.227 e. The zero-order valence-corrected chi connectivity index (χ0v) is 18.5. The summed E-state index contributed by atoms with van der Waals surface area (Å²) in [6.45, 7) is 0. The molecule has 0 spiro atoms. The van der Waals surface area contributed by atoms with Crippen LogP contribution >= 0.6 is 23.2 Å². The van der Waals surface area contributed by atoms with Gasteiger partial charge in [0, 0.05) is 33.3 Å². The molecule has 2 heterocycles. The Labute approximate surface area is 198 Å². The summed E-state index contributed by atoms with van der Waals surface area (Å²) >= 11 is 11.9. The fourth-order valence-electron chi connectivity index (χ4n) is 3.50. The van der Waals surface area contributed by atoms with Crippen LogP contribution in [0.25, 0.3) is 45.1 Å². The van der Waals surface area contributed by atoms with Crippen molar-refractivity contribution in [3.05, 3.63) is 95.0 Å². The molecule has 0 aliphatic carbocycles. The van der Waals surface area contributed by atoms with Crippen LogP contribution in [0.15, 0.2) is 93.8 Å². The third kappa shape index (κ3) is 3.93. The van der Waals surface area contributed by atoms with Crippen LogP contribution in [0, 0.1) is 0 Å². The van der Waals surface area contributed by atoms with E-state index in [1.165, 1.54) is 0 Å². The highest BCUT2D eigenvalue weighted by Crippen LogP contribution is 2.32. The highest BCUT2D eigenvalue weighted by molar-refractivity contribution is 6.30. The summed E-state index contributed by atoms with van der Waals surface area (Å²) < 4.78 is 17.9. The van der Waals surface area contributed by atoms with Crippen LogP contribution in [0.4, 0.5) is 0 Å². The van der Waals surface area contributed by atoms with Gasteiger partial charge in [0.25, 0.3) is 0 Å². The van der Waals surface area contributed by atoms with Crippen molar-refractivity contribution < 1.29 is 13.6 Å². The predicted octanol–water partition coefficient (Wildman–Crippen LogP) is 8.40. The zero-order chi connectivity index (χ0) is 22.4. The Kier molecular flexibility index (Phi) is 4.79. The number of benzene rings is 4. The number of aromatic nitrogens is 2. The monoisotopic (exact) mass is 472 g/mol. The van der Waals surface area contributed by atoms with Crippen molar-refractivity contribution in [2.24, 2.45) is 0 Å². The summed E-state index contributed by atoms with van der Waals surface area (Å²) in [5, 5.41) is 1.32. The van der Waals surface area contributed by atoms with Gasteiger partial charge in [-0.05, 0) is 72.8 Å². The van der Waals surface area contributed by atoms with E-state index in [0.29, 0.717) is 44.5 Å². The number of hydrogen-bond acceptors (Lipinski definition) is 5. The molecule has 0 fully saturated rings. The van der Waals surface area contributed by atoms with Gasteiger partial charge in [-0.15, -0.1) is 0 Å². The lowest BCUT2D eigenvalue weighted by Gasteiger charge is -2.04. The van der Waals surface area contributed by atoms with Gasteiger partial charge in [0.05, 0.1) is 0 Å². The SMILES string of the molecule is Clc1ccc(-c2nc3ccc(Oc4ccc5nc(-c6ccc(Cl)cc6)oc5c4)cc3o2)cc1. The number of fused-ring (bicyclic) bond motifs is 2. The van der Waals surface area contributed by atoms with Crippen LogP contribution in [-0.2, 0) is 0 Å². The van der Waals surface area contributed by atoms with Crippen molar-refractivity contribution in [2.75, 3.05) is 0 Å². The molecule has 2 aromatic heterocycles. The normalized spacial score (nSPS) is 11.3. The molecule has 0 aliphatic rings. The van der Waals surface area contributed by atoms with Crippen molar-refractivity contribution in [3.63, 3.8) is 0 Å². The van der Waals surface area contributed by atoms with Crippen LogP contribution in [0.5, 0.6) is 11.5 Å². The van der Waals surface area contributed by atoms with Crippen molar-refractivity contribution >= 4 is 45.4 Å². The molecule has 0 N–H and O–H groups in total. The fraction of sp³-hybridized carbons (Fsp3) is 0. The average Bonchev–Trinajstić information content (AvgIpc) is 3.44. The summed E-state index contributed by atoms with van der Waals surface area (Å²) in [5.41, 5.74) is 4.44. The van der Waals surface area contributed by atoms with Gasteiger partial charge in [-0.2, -0.15) is 0 Å². The van der Waals surface area contributed by atoms with E-state index in [1.54, 1.807) is 24.3 Å². The minimum Gasteiger partial charge on any atom is -0.457 e. The molecule has 0 radical (unpaired) electrons. The summed E-state index contributed by atoms with van der Waals surface area (Å²) in [7, 11) is 0. The third-order valence-electron chi connectivity index (χ3n) is 5.14. The lowest BCUT2D eigenvalue weighted by Crippen LogP contribution is -1.83. The van der Waals surface area contributed by atoms with Crippen LogP contribution < -0.4 is 4.74 Å². The summed E-state index contributed by atoms with van der Waals surface area (Å²) in [6, 6.07) is 25.7. The molecule has 4 aromatic carbocycles. The Morgan fingerprint density at radius 3 is 1.39 bits per heavy atom. The van der Waals surface area contributed by atoms with Crippen molar-refractivity contribution in [1.82, 2.24) is 9.97 Å². The van der Waals surface area contributed by atoms with E-state index in [1.807, 2.05) is 60.7 Å². The largest absolute Gasteiger partial charge is 0.457 e. The number of nitrogens with zero attached hydrogens (tertiary/aromatic N) is 2. The molecule has 33 heavy (non-hydrogen) atoms. The molecule has 7 heteroatoms. The highest BCUT2D eigenvalue weighted by Gasteiger charge is 2.12. The lowest BCUT2D eigenvalue weighted by molar-refractivity contribution is 0.481. The van der Waals surface area contributed by atoms with Crippen molar-refractivity contribution in [2.45, 2.75) is 0 Å². The number of ether oxygens (including phenoxy) is 1. The minimum absolute atomic E-state index is 0.525. The lowest BCUT2D eigenvalue weighted by atomic mass is 10.2. The molecule has 0 saturated heterocycles. The maximum atomic E-state index is 6.05. The first kappa shape index (κ1) is 19.9. The fourth-order valence-corrected chi connectivity index (χ4v) is 3.76. The molecule has 0 amide bonds. The Bertz CT molecular complexity index is 1480. The van der Waals surface area contributed by atoms with Crippen molar-refractivity contribution in [3.8, 4) is 34.4 Å². The molecular weight excluding hydrogens is 459 g/mol. The first-order valence-electron chi connectivity index (χ1n) is 10.1. The first-order valence-corrected chi connectivity index (χ1v) is 10.9. The Morgan fingerprint density at radius 1 is 0.545 bits per heavy atom. The maximum absolute atomic E-state index is 6.05. The summed E-state index contributed by atoms with van der Waals surface area (Å²) in [5.74, 6) is 2.30. The summed E-state index contributed by atoms with van der Waals surface area (Å²) in [6.07, 6.45) is 0. The smallest absolute Gasteiger partial charge is 0.227 e. The third-order valence-corrected chi connectivity index (χ3v) is 5.64. The van der Waals surface area contributed by atoms with Crippen LogP contribution in [0.3, 0.4) is 0 Å². The van der Waals surface area contributed by atoms with Crippen LogP contribution in [0.2, 0.25) is 10.0 Å². The van der Waals surface area contributed by atoms with E-state index < -0.39 is 0 Å². The van der Waals surface area contributed by atoms with E-state index in [9.17, 15) is 0 Å². The van der Waals surface area contributed by atoms with E-state index in [0.717, 1.165) is 22.2 Å². The molecule has 6 aromatic rings. The molecule has 0 unspecified atom stereocenters. The second kappa shape index (κ2) is 7.96. The molecular formula is C26H14Cl2N2O3. The standard InChI is InChI=1S/C26H14Cl2N2O3/c27-17-5-1-15(2-6-17)25-29-21-11-9-19(13-23(21)32-25)31-20-10-12-22-24(14-20)33-26(30-22)16-3-7-18(28)8-4-16/h1-14H. The zero-order valence-electron chi connectivity index (χ0n) is 17.0. The Morgan fingerprint density at radius 2 is 0.970 bits per heavy atom. The molecule has 6 rings (SSSR count). The quantitative estimate of drug-likeness (QED) is 0.257. The van der Waals surface area contributed by atoms with Crippen molar-refractivity contribution in [1.29, 1.82) is 0 Å². The second-order valence-corrected chi connectivity index (χ2v) is 8.29. The van der Waals surface area contributed by atoms with Crippen LogP contribution in [-0.4, -0.2) is 9.97 Å². The number of rotatable bonds is 4. The topological polar surface area (TPSA) is 61.3 Å². The van der Waals surface area contributed by atoms with E-state index in [2.05, 4.69) is 9.97 Å². The van der Waals surface area contributed by atoms with Gasteiger partial charge in [0.2, 0.25) is 11.8 Å². The van der Waals surface area contributed by atoms with E-state index in [-0.39, 0.29) is 0 Å². The molecule has 5 nitrogen and oxygen atoms in total. The van der Waals surface area contributed by atoms with Gasteiger partial charge < -0.3 is 13.6 Å². The Hall–Kier alpha value is -3.80. The first-order chi connectivity index (χ1) is 16.1. The number of halogens is 2. The minimum atomic E-state index is 0.525. The predicted molar refractivity (Wildman–Crippen MR) is 129 cm³/mol. The van der Waals surface area contributed by atoms with Gasteiger partial charge in [-0.1, -0.05) is 23.2 Å². The Balaban J connectivity index is 1.28. The van der Waals surface area contributed by atoms with Crippen LogP contribution in [0.1, 0.15) is 0 Å². The summed E-state index contributed by atoms with van der Waals surface area (Å²) in [4.78, 5) is 9.08. The van der Waals surface area contributed by atoms with Gasteiger partial charge in [-0.25, -0.2) is 9.97 Å². The molecule has 0 aliphatic heterocycles. The molecule has 160 valence electrons. The number of hydrogen-bond donors (Lipinski definition) is 0.